The fourth-order valence-electron chi connectivity index (χ4n) is 2.31. The lowest BCUT2D eigenvalue weighted by Gasteiger charge is -2.29. The van der Waals surface area contributed by atoms with Crippen molar-refractivity contribution in [1.82, 2.24) is 0 Å². The molecule has 0 aromatic rings. The van der Waals surface area contributed by atoms with Gasteiger partial charge in [0.25, 0.3) is 0 Å². The van der Waals surface area contributed by atoms with E-state index in [0.29, 0.717) is 17.4 Å². The number of hydrogen-bond donors (Lipinski definition) is 2. The fraction of sp³-hybridized carbons (Fsp3) is 0.933. The standard InChI is InChI=1S/C15H31NO3/c1-5-6-7-8-9-10-11-13(15(18)19)14(17)12-16(2,3)4/h13-14,17H,5-12H2,1-4H3/p+1. The SMILES string of the molecule is CCCCCCCCC(C(=O)O)C(O)C[N+](C)(C)C. The van der Waals surface area contributed by atoms with Crippen LogP contribution in [-0.2, 0) is 4.79 Å². The highest BCUT2D eigenvalue weighted by Crippen LogP contribution is 2.17. The smallest absolute Gasteiger partial charge is 0.309 e. The summed E-state index contributed by atoms with van der Waals surface area (Å²) in [6.45, 7) is 2.66. The molecule has 4 nitrogen and oxygen atoms in total. The number of quaternary nitrogens is 1. The molecule has 4 heteroatoms. The lowest BCUT2D eigenvalue weighted by molar-refractivity contribution is -0.874. The molecule has 0 heterocycles. The number of carboxylic acid groups (broad SMARTS) is 1. The van der Waals surface area contributed by atoms with Crippen LogP contribution in [0, 0.1) is 5.92 Å². The maximum absolute atomic E-state index is 11.2. The van der Waals surface area contributed by atoms with Crippen LogP contribution in [0.3, 0.4) is 0 Å². The van der Waals surface area contributed by atoms with Gasteiger partial charge in [0.05, 0.1) is 27.1 Å². The summed E-state index contributed by atoms with van der Waals surface area (Å²) in [5.74, 6) is -1.49. The van der Waals surface area contributed by atoms with Crippen molar-refractivity contribution in [3.63, 3.8) is 0 Å². The monoisotopic (exact) mass is 274 g/mol. The number of aliphatic hydroxyl groups is 1. The molecule has 0 saturated heterocycles. The molecule has 0 amide bonds. The van der Waals surface area contributed by atoms with E-state index >= 15 is 0 Å². The average Bonchev–Trinajstić information content (AvgIpc) is 2.24. The molecule has 0 rings (SSSR count). The Morgan fingerprint density at radius 3 is 2.05 bits per heavy atom. The minimum absolute atomic E-state index is 0.479. The van der Waals surface area contributed by atoms with Crippen molar-refractivity contribution >= 4 is 5.97 Å². The second-order valence-corrected chi connectivity index (χ2v) is 6.54. The van der Waals surface area contributed by atoms with E-state index in [1.807, 2.05) is 21.1 Å². The Morgan fingerprint density at radius 2 is 1.58 bits per heavy atom. The number of carbonyl (C=O) groups is 1. The zero-order valence-electron chi connectivity index (χ0n) is 13.1. The summed E-state index contributed by atoms with van der Waals surface area (Å²) in [6, 6.07) is 0. The van der Waals surface area contributed by atoms with Crippen LogP contribution in [-0.4, -0.2) is 54.5 Å². The summed E-state index contributed by atoms with van der Waals surface area (Å²) in [7, 11) is 5.90. The van der Waals surface area contributed by atoms with E-state index in [4.69, 9.17) is 0 Å². The van der Waals surface area contributed by atoms with Gasteiger partial charge < -0.3 is 14.7 Å². The molecule has 0 fully saturated rings. The Bertz CT molecular complexity index is 248. The molecule has 0 aromatic heterocycles. The van der Waals surface area contributed by atoms with Gasteiger partial charge in [0.1, 0.15) is 12.6 Å². The Hall–Kier alpha value is -0.610. The molecule has 19 heavy (non-hydrogen) atoms. The summed E-state index contributed by atoms with van der Waals surface area (Å²) in [5, 5.41) is 19.3. The van der Waals surface area contributed by atoms with E-state index in [1.54, 1.807) is 0 Å². The van der Waals surface area contributed by atoms with Crippen LogP contribution in [0.4, 0.5) is 0 Å². The Morgan fingerprint density at radius 1 is 1.05 bits per heavy atom. The number of hydrogen-bond acceptors (Lipinski definition) is 2. The topological polar surface area (TPSA) is 57.5 Å². The van der Waals surface area contributed by atoms with Crippen LogP contribution in [0.15, 0.2) is 0 Å². The van der Waals surface area contributed by atoms with Crippen molar-refractivity contribution in [2.45, 2.75) is 58.0 Å². The van der Waals surface area contributed by atoms with Gasteiger partial charge in [-0.1, -0.05) is 45.4 Å². The van der Waals surface area contributed by atoms with Gasteiger partial charge in [0.2, 0.25) is 0 Å². The summed E-state index contributed by atoms with van der Waals surface area (Å²) in [6.07, 6.45) is 6.68. The fourth-order valence-corrected chi connectivity index (χ4v) is 2.31. The number of aliphatic carboxylic acids is 1. The third kappa shape index (κ3) is 9.91. The molecule has 0 saturated carbocycles. The number of aliphatic hydroxyl groups excluding tert-OH is 1. The molecule has 0 aromatic carbocycles. The van der Waals surface area contributed by atoms with Crippen LogP contribution < -0.4 is 0 Å². The van der Waals surface area contributed by atoms with E-state index in [2.05, 4.69) is 6.92 Å². The number of rotatable bonds is 11. The highest BCUT2D eigenvalue weighted by molar-refractivity contribution is 5.70. The van der Waals surface area contributed by atoms with Gasteiger partial charge in [0.15, 0.2) is 0 Å². The predicted molar refractivity (Wildman–Crippen MR) is 78.0 cm³/mol. The van der Waals surface area contributed by atoms with Crippen molar-refractivity contribution in [3.8, 4) is 0 Å². The van der Waals surface area contributed by atoms with Crippen LogP contribution in [0.2, 0.25) is 0 Å². The van der Waals surface area contributed by atoms with Crippen molar-refractivity contribution in [2.24, 2.45) is 5.92 Å². The van der Waals surface area contributed by atoms with E-state index in [0.717, 1.165) is 12.8 Å². The average molecular weight is 274 g/mol. The third-order valence-electron chi connectivity index (χ3n) is 3.39. The largest absolute Gasteiger partial charge is 0.481 e. The molecule has 0 aliphatic heterocycles. The van der Waals surface area contributed by atoms with Crippen LogP contribution in [0.5, 0.6) is 0 Å². The zero-order valence-corrected chi connectivity index (χ0v) is 13.1. The van der Waals surface area contributed by atoms with Crippen molar-refractivity contribution in [1.29, 1.82) is 0 Å². The molecule has 2 atom stereocenters. The Labute approximate surface area is 118 Å². The second-order valence-electron chi connectivity index (χ2n) is 6.54. The summed E-state index contributed by atoms with van der Waals surface area (Å²) in [4.78, 5) is 11.2. The van der Waals surface area contributed by atoms with Gasteiger partial charge in [-0.15, -0.1) is 0 Å². The van der Waals surface area contributed by atoms with Gasteiger partial charge in [-0.05, 0) is 6.42 Å². The van der Waals surface area contributed by atoms with Crippen molar-refractivity contribution in [2.75, 3.05) is 27.7 Å². The highest BCUT2D eigenvalue weighted by Gasteiger charge is 2.30. The molecular weight excluding hydrogens is 242 g/mol. The van der Waals surface area contributed by atoms with Gasteiger partial charge >= 0.3 is 5.97 Å². The third-order valence-corrected chi connectivity index (χ3v) is 3.39. The molecule has 0 aliphatic carbocycles. The number of unbranched alkanes of at least 4 members (excludes halogenated alkanes) is 5. The van der Waals surface area contributed by atoms with Gasteiger partial charge in [-0.25, -0.2) is 0 Å². The van der Waals surface area contributed by atoms with Gasteiger partial charge in [0, 0.05) is 0 Å². The molecule has 0 spiro atoms. The van der Waals surface area contributed by atoms with Crippen molar-refractivity contribution in [3.05, 3.63) is 0 Å². The number of carboxylic acids is 1. The summed E-state index contributed by atoms with van der Waals surface area (Å²) < 4.78 is 0.585. The molecule has 0 aliphatic rings. The Kier molecular flexibility index (Phi) is 9.02. The highest BCUT2D eigenvalue weighted by atomic mass is 16.4. The minimum atomic E-state index is -0.866. The van der Waals surface area contributed by atoms with Gasteiger partial charge in [-0.3, -0.25) is 4.79 Å². The number of nitrogens with zero attached hydrogens (tertiary/aromatic N) is 1. The first-order chi connectivity index (χ1) is 8.78. The summed E-state index contributed by atoms with van der Waals surface area (Å²) >= 11 is 0. The molecule has 114 valence electrons. The maximum atomic E-state index is 11.2. The lowest BCUT2D eigenvalue weighted by atomic mass is 9.94. The minimum Gasteiger partial charge on any atom is -0.481 e. The Balaban J connectivity index is 4.02. The van der Waals surface area contributed by atoms with E-state index in [9.17, 15) is 15.0 Å². The van der Waals surface area contributed by atoms with Crippen LogP contribution >= 0.6 is 0 Å². The first-order valence-corrected chi connectivity index (χ1v) is 7.49. The number of likely N-dealkylation sites (N-methyl/N-ethyl adjacent to an activating group) is 1. The molecule has 0 radical (unpaired) electrons. The van der Waals surface area contributed by atoms with E-state index < -0.39 is 18.0 Å². The first-order valence-electron chi connectivity index (χ1n) is 7.49. The van der Waals surface area contributed by atoms with E-state index in [1.165, 1.54) is 25.7 Å². The second kappa shape index (κ2) is 9.32. The van der Waals surface area contributed by atoms with E-state index in [-0.39, 0.29) is 0 Å². The van der Waals surface area contributed by atoms with Crippen molar-refractivity contribution < 1.29 is 19.5 Å². The predicted octanol–water partition coefficient (Wildman–Crippen LogP) is 2.50. The van der Waals surface area contributed by atoms with Crippen LogP contribution in [0.25, 0.3) is 0 Å². The maximum Gasteiger partial charge on any atom is 0.309 e. The zero-order chi connectivity index (χ0) is 14.9. The normalized spacial score (nSPS) is 15.2. The quantitative estimate of drug-likeness (QED) is 0.449. The molecule has 2 N–H and O–H groups in total. The molecular formula is C15H32NO3+. The first kappa shape index (κ1) is 18.4. The summed E-state index contributed by atoms with van der Waals surface area (Å²) in [5.41, 5.74) is 0. The van der Waals surface area contributed by atoms with Gasteiger partial charge in [-0.2, -0.15) is 0 Å². The lowest BCUT2D eigenvalue weighted by Crippen LogP contribution is -2.45. The van der Waals surface area contributed by atoms with Crippen LogP contribution in [0.1, 0.15) is 51.9 Å². The molecule has 0 bridgehead atoms. The molecule has 2 unspecified atom stereocenters.